The highest BCUT2D eigenvalue weighted by molar-refractivity contribution is 7.99. The van der Waals surface area contributed by atoms with E-state index < -0.39 is 0 Å². The van der Waals surface area contributed by atoms with Crippen LogP contribution < -0.4 is 5.32 Å². The number of amides is 1. The van der Waals surface area contributed by atoms with Crippen molar-refractivity contribution in [2.45, 2.75) is 57.0 Å². The van der Waals surface area contributed by atoms with E-state index >= 15 is 0 Å². The number of nitrogens with zero attached hydrogens (tertiary/aromatic N) is 1. The van der Waals surface area contributed by atoms with E-state index in [1.807, 2.05) is 31.2 Å². The van der Waals surface area contributed by atoms with Crippen molar-refractivity contribution in [3.8, 4) is 0 Å². The Bertz CT molecular complexity index is 1040. The quantitative estimate of drug-likeness (QED) is 0.357. The summed E-state index contributed by atoms with van der Waals surface area (Å²) in [5.41, 5.74) is 3.56. The molecule has 0 atom stereocenters. The maximum atomic E-state index is 12.7. The molecular weight excluding hydrogens is 430 g/mol. The summed E-state index contributed by atoms with van der Waals surface area (Å²) in [5.74, 6) is 0.182. The molecule has 8 heteroatoms. The zero-order valence-corrected chi connectivity index (χ0v) is 19.3. The number of thiophene rings is 1. The molecule has 6 nitrogen and oxygen atoms in total. The minimum absolute atomic E-state index is 0.0941. The van der Waals surface area contributed by atoms with Crippen molar-refractivity contribution in [2.24, 2.45) is 0 Å². The number of thioether (sulfide) groups is 1. The normalized spacial score (nSPS) is 14.0. The minimum Gasteiger partial charge on any atom is -0.462 e. The lowest BCUT2D eigenvalue weighted by atomic mass is 9.96. The zero-order chi connectivity index (χ0) is 21.6. The average molecular weight is 458 g/mol. The second-order valence-electron chi connectivity index (χ2n) is 7.55. The van der Waals surface area contributed by atoms with Crippen LogP contribution in [0.1, 0.15) is 59.8 Å². The number of hydrogen-bond donors (Lipinski definition) is 2. The number of rotatable bonds is 7. The predicted octanol–water partition coefficient (Wildman–Crippen LogP) is 5.58. The van der Waals surface area contributed by atoms with Gasteiger partial charge in [-0.05, 0) is 50.3 Å². The molecule has 0 bridgehead atoms. The van der Waals surface area contributed by atoms with Gasteiger partial charge in [0.05, 0.1) is 23.2 Å². The third kappa shape index (κ3) is 5.30. The van der Waals surface area contributed by atoms with E-state index in [0.717, 1.165) is 47.4 Å². The van der Waals surface area contributed by atoms with E-state index in [1.54, 1.807) is 11.3 Å². The van der Waals surface area contributed by atoms with E-state index in [-0.39, 0.29) is 11.9 Å². The number of carbonyl (C=O) groups is 2. The highest BCUT2D eigenvalue weighted by Crippen LogP contribution is 2.37. The topological polar surface area (TPSA) is 84.1 Å². The molecule has 31 heavy (non-hydrogen) atoms. The summed E-state index contributed by atoms with van der Waals surface area (Å²) in [6.07, 6.45) is 6.76. The maximum Gasteiger partial charge on any atom is 0.341 e. The Hall–Kier alpha value is -2.32. The summed E-state index contributed by atoms with van der Waals surface area (Å²) < 4.78 is 5.31. The van der Waals surface area contributed by atoms with Crippen LogP contribution in [0.15, 0.2) is 29.4 Å². The average Bonchev–Trinajstić information content (AvgIpc) is 3.28. The first-order valence-electron chi connectivity index (χ1n) is 10.8. The summed E-state index contributed by atoms with van der Waals surface area (Å²) in [6, 6.07) is 7.87. The number of aromatic amines is 1. The fourth-order valence-electron chi connectivity index (χ4n) is 3.85. The van der Waals surface area contributed by atoms with Crippen molar-refractivity contribution >= 4 is 51.0 Å². The molecule has 0 fully saturated rings. The number of anilines is 1. The van der Waals surface area contributed by atoms with Crippen LogP contribution in [-0.4, -0.2) is 34.2 Å². The lowest BCUT2D eigenvalue weighted by Gasteiger charge is -2.11. The van der Waals surface area contributed by atoms with Crippen LogP contribution in [-0.2, 0) is 22.4 Å². The van der Waals surface area contributed by atoms with Crippen molar-refractivity contribution in [1.29, 1.82) is 0 Å². The van der Waals surface area contributed by atoms with Crippen LogP contribution in [0.25, 0.3) is 11.0 Å². The molecule has 0 unspecified atom stereocenters. The Kier molecular flexibility index (Phi) is 7.29. The van der Waals surface area contributed by atoms with E-state index in [2.05, 4.69) is 15.3 Å². The molecule has 1 aliphatic carbocycles. The Morgan fingerprint density at radius 1 is 1.19 bits per heavy atom. The molecular formula is C23H27N3O3S2. The van der Waals surface area contributed by atoms with Crippen LogP contribution in [0, 0.1) is 0 Å². The second-order valence-corrected chi connectivity index (χ2v) is 9.74. The first-order valence-corrected chi connectivity index (χ1v) is 12.6. The van der Waals surface area contributed by atoms with Crippen LogP contribution in [0.2, 0.25) is 0 Å². The third-order valence-corrected chi connectivity index (χ3v) is 7.42. The summed E-state index contributed by atoms with van der Waals surface area (Å²) >= 11 is 3.06. The van der Waals surface area contributed by atoms with Crippen LogP contribution in [0.4, 0.5) is 5.00 Å². The smallest absolute Gasteiger partial charge is 0.341 e. The molecule has 164 valence electrons. The summed E-state index contributed by atoms with van der Waals surface area (Å²) in [7, 11) is 0. The Balaban J connectivity index is 1.42. The van der Waals surface area contributed by atoms with Gasteiger partial charge in [-0.15, -0.1) is 11.3 Å². The summed E-state index contributed by atoms with van der Waals surface area (Å²) in [5, 5.41) is 4.44. The third-order valence-electron chi connectivity index (χ3n) is 5.34. The molecule has 4 rings (SSSR count). The number of benzene rings is 1. The van der Waals surface area contributed by atoms with Gasteiger partial charge in [0.2, 0.25) is 5.91 Å². The SMILES string of the molecule is CCOC(=O)c1c(NC(=O)CCSc2nc3ccccc3[nH]2)sc2c1CCCCCC2. The molecule has 0 spiro atoms. The number of fused-ring (bicyclic) bond motifs is 2. The Labute approximate surface area is 190 Å². The number of carbonyl (C=O) groups excluding carboxylic acids is 2. The number of imidazole rings is 1. The van der Waals surface area contributed by atoms with Gasteiger partial charge in [-0.2, -0.15) is 0 Å². The number of aryl methyl sites for hydroxylation is 1. The van der Waals surface area contributed by atoms with Crippen molar-refractivity contribution in [3.05, 3.63) is 40.3 Å². The number of para-hydroxylation sites is 2. The maximum absolute atomic E-state index is 12.7. The van der Waals surface area contributed by atoms with Gasteiger partial charge in [-0.25, -0.2) is 9.78 Å². The largest absolute Gasteiger partial charge is 0.462 e. The summed E-state index contributed by atoms with van der Waals surface area (Å²) in [6.45, 7) is 2.13. The Morgan fingerprint density at radius 2 is 2.00 bits per heavy atom. The number of ether oxygens (including phenoxy) is 1. The fourth-order valence-corrected chi connectivity index (χ4v) is 5.97. The van der Waals surface area contributed by atoms with E-state index in [4.69, 9.17) is 4.74 Å². The van der Waals surface area contributed by atoms with Gasteiger partial charge in [0.25, 0.3) is 0 Å². The number of H-pyrrole nitrogens is 1. The number of hydrogen-bond acceptors (Lipinski definition) is 6. The molecule has 0 saturated carbocycles. The lowest BCUT2D eigenvalue weighted by Crippen LogP contribution is -2.15. The molecule has 1 aromatic carbocycles. The Morgan fingerprint density at radius 3 is 2.81 bits per heavy atom. The number of nitrogens with one attached hydrogen (secondary N) is 2. The summed E-state index contributed by atoms with van der Waals surface area (Å²) in [4.78, 5) is 34.3. The van der Waals surface area contributed by atoms with E-state index in [1.165, 1.54) is 29.5 Å². The van der Waals surface area contributed by atoms with Crippen molar-refractivity contribution < 1.29 is 14.3 Å². The van der Waals surface area contributed by atoms with Crippen molar-refractivity contribution in [1.82, 2.24) is 9.97 Å². The molecule has 2 heterocycles. The molecule has 1 aliphatic rings. The van der Waals surface area contributed by atoms with Gasteiger partial charge < -0.3 is 15.0 Å². The van der Waals surface area contributed by atoms with Gasteiger partial charge in [0.1, 0.15) is 5.00 Å². The minimum atomic E-state index is -0.326. The standard InChI is InChI=1S/C23H27N3O3S2/c1-2-29-22(28)20-15-9-5-3-4-6-12-18(15)31-21(20)26-19(27)13-14-30-23-24-16-10-7-8-11-17(16)25-23/h7-8,10-11H,2-6,9,12-14H2,1H3,(H,24,25)(H,26,27). The molecule has 1 amide bonds. The molecule has 0 saturated heterocycles. The predicted molar refractivity (Wildman–Crippen MR) is 126 cm³/mol. The van der Waals surface area contributed by atoms with Crippen LogP contribution >= 0.6 is 23.1 Å². The molecule has 0 radical (unpaired) electrons. The van der Waals surface area contributed by atoms with Gasteiger partial charge in [0, 0.05) is 17.1 Å². The monoisotopic (exact) mass is 457 g/mol. The highest BCUT2D eigenvalue weighted by Gasteiger charge is 2.26. The van der Waals surface area contributed by atoms with Gasteiger partial charge in [-0.1, -0.05) is 36.7 Å². The molecule has 2 aromatic heterocycles. The van der Waals surface area contributed by atoms with Gasteiger partial charge in [-0.3, -0.25) is 4.79 Å². The van der Waals surface area contributed by atoms with E-state index in [9.17, 15) is 9.59 Å². The molecule has 0 aliphatic heterocycles. The number of aromatic nitrogens is 2. The zero-order valence-electron chi connectivity index (χ0n) is 17.7. The molecule has 2 N–H and O–H groups in total. The van der Waals surface area contributed by atoms with E-state index in [0.29, 0.717) is 29.3 Å². The highest BCUT2D eigenvalue weighted by atomic mass is 32.2. The fraction of sp³-hybridized carbons (Fsp3) is 0.435. The molecule has 3 aromatic rings. The number of esters is 1. The second kappa shape index (κ2) is 10.3. The van der Waals surface area contributed by atoms with Crippen LogP contribution in [0.3, 0.4) is 0 Å². The van der Waals surface area contributed by atoms with Gasteiger partial charge in [0.15, 0.2) is 5.16 Å². The van der Waals surface area contributed by atoms with Gasteiger partial charge >= 0.3 is 5.97 Å². The van der Waals surface area contributed by atoms with Crippen molar-refractivity contribution in [2.75, 3.05) is 17.7 Å². The lowest BCUT2D eigenvalue weighted by molar-refractivity contribution is -0.115. The van der Waals surface area contributed by atoms with Crippen molar-refractivity contribution in [3.63, 3.8) is 0 Å². The first kappa shape index (κ1) is 21.9. The van der Waals surface area contributed by atoms with Crippen LogP contribution in [0.5, 0.6) is 0 Å². The first-order chi connectivity index (χ1) is 15.2.